The summed E-state index contributed by atoms with van der Waals surface area (Å²) in [6, 6.07) is 7.34. The van der Waals surface area contributed by atoms with Gasteiger partial charge in [0.15, 0.2) is 0 Å². The van der Waals surface area contributed by atoms with Crippen LogP contribution < -0.4 is 5.32 Å². The Morgan fingerprint density at radius 3 is 2.33 bits per heavy atom. The summed E-state index contributed by atoms with van der Waals surface area (Å²) in [4.78, 5) is 2.50. The van der Waals surface area contributed by atoms with E-state index >= 15 is 0 Å². The minimum absolute atomic E-state index is 0. The van der Waals surface area contributed by atoms with E-state index in [1.807, 2.05) is 26.2 Å². The van der Waals surface area contributed by atoms with Gasteiger partial charge < -0.3 is 10.2 Å². The van der Waals surface area contributed by atoms with Crippen molar-refractivity contribution in [3.05, 3.63) is 29.8 Å². The number of sulfonamides is 1. The maximum atomic E-state index is 12.9. The van der Waals surface area contributed by atoms with Crippen LogP contribution in [0.2, 0.25) is 0 Å². The molecule has 0 atom stereocenters. The maximum Gasteiger partial charge on any atom is 0.243 e. The molecule has 2 heterocycles. The highest BCUT2D eigenvalue weighted by Gasteiger charge is 2.43. The Kier molecular flexibility index (Phi) is 6.31. The molecule has 24 heavy (non-hydrogen) atoms. The van der Waals surface area contributed by atoms with Crippen molar-refractivity contribution in [2.24, 2.45) is 5.41 Å². The molecule has 0 bridgehead atoms. The van der Waals surface area contributed by atoms with E-state index in [4.69, 9.17) is 0 Å². The molecule has 1 spiro atoms. The fourth-order valence-corrected chi connectivity index (χ4v) is 5.30. The van der Waals surface area contributed by atoms with Crippen LogP contribution in [-0.2, 0) is 16.6 Å². The molecular formula is C17H28ClN3O2S. The number of halogens is 1. The second-order valence-electron chi connectivity index (χ2n) is 7.22. The van der Waals surface area contributed by atoms with E-state index in [9.17, 15) is 8.42 Å². The number of rotatable bonds is 4. The summed E-state index contributed by atoms with van der Waals surface area (Å²) in [6.07, 6.45) is 3.16. The summed E-state index contributed by atoms with van der Waals surface area (Å²) >= 11 is 0. The lowest BCUT2D eigenvalue weighted by Crippen LogP contribution is -2.39. The van der Waals surface area contributed by atoms with Crippen molar-refractivity contribution in [1.29, 1.82) is 0 Å². The van der Waals surface area contributed by atoms with Gasteiger partial charge in [0.1, 0.15) is 0 Å². The molecule has 1 aromatic carbocycles. The molecule has 0 unspecified atom stereocenters. The molecule has 1 N–H and O–H groups in total. The minimum atomic E-state index is -3.36. The lowest BCUT2D eigenvalue weighted by atomic mass is 9.78. The Morgan fingerprint density at radius 1 is 1.12 bits per heavy atom. The summed E-state index contributed by atoms with van der Waals surface area (Å²) < 4.78 is 27.5. The predicted molar refractivity (Wildman–Crippen MR) is 99.0 cm³/mol. The zero-order valence-electron chi connectivity index (χ0n) is 14.5. The van der Waals surface area contributed by atoms with Gasteiger partial charge in [0, 0.05) is 19.6 Å². The van der Waals surface area contributed by atoms with Crippen LogP contribution in [0.3, 0.4) is 0 Å². The van der Waals surface area contributed by atoms with E-state index in [1.54, 1.807) is 16.4 Å². The predicted octanol–water partition coefficient (Wildman–Crippen LogP) is 1.93. The second-order valence-corrected chi connectivity index (χ2v) is 9.16. The van der Waals surface area contributed by atoms with E-state index in [-0.39, 0.29) is 17.8 Å². The van der Waals surface area contributed by atoms with E-state index in [0.717, 1.165) is 44.5 Å². The first-order chi connectivity index (χ1) is 10.9. The van der Waals surface area contributed by atoms with Crippen LogP contribution in [0.5, 0.6) is 0 Å². The van der Waals surface area contributed by atoms with Crippen molar-refractivity contribution >= 4 is 22.4 Å². The van der Waals surface area contributed by atoms with Gasteiger partial charge in [-0.1, -0.05) is 12.1 Å². The van der Waals surface area contributed by atoms with Crippen LogP contribution in [0.15, 0.2) is 29.2 Å². The van der Waals surface area contributed by atoms with Gasteiger partial charge in [-0.2, -0.15) is 4.31 Å². The highest BCUT2D eigenvalue weighted by molar-refractivity contribution is 7.89. The molecule has 0 aliphatic carbocycles. The molecule has 0 radical (unpaired) electrons. The molecule has 0 aromatic heterocycles. The summed E-state index contributed by atoms with van der Waals surface area (Å²) in [5, 5.41) is 3.37. The van der Waals surface area contributed by atoms with Crippen LogP contribution >= 0.6 is 12.4 Å². The first-order valence-electron chi connectivity index (χ1n) is 8.36. The van der Waals surface area contributed by atoms with Gasteiger partial charge in [0.05, 0.1) is 4.90 Å². The quantitative estimate of drug-likeness (QED) is 0.876. The Balaban J connectivity index is 0.00000208. The van der Waals surface area contributed by atoms with Gasteiger partial charge in [-0.3, -0.25) is 0 Å². The summed E-state index contributed by atoms with van der Waals surface area (Å²) in [6.45, 7) is 4.17. The van der Waals surface area contributed by atoms with Crippen molar-refractivity contribution in [3.63, 3.8) is 0 Å². The molecular weight excluding hydrogens is 346 g/mol. The van der Waals surface area contributed by atoms with Crippen LogP contribution in [0.4, 0.5) is 0 Å². The zero-order valence-corrected chi connectivity index (χ0v) is 16.1. The topological polar surface area (TPSA) is 52.7 Å². The van der Waals surface area contributed by atoms with Crippen molar-refractivity contribution in [2.45, 2.75) is 30.7 Å². The SMILES string of the molecule is CN(C)Cc1ccc(S(=O)(=O)N2CCC3(CCNCC3)C2)cc1.Cl. The molecule has 2 fully saturated rings. The van der Waals surface area contributed by atoms with Crippen molar-refractivity contribution in [1.82, 2.24) is 14.5 Å². The van der Waals surface area contributed by atoms with Crippen LogP contribution in [0.1, 0.15) is 24.8 Å². The molecule has 1 aromatic rings. The van der Waals surface area contributed by atoms with Crippen molar-refractivity contribution < 1.29 is 8.42 Å². The standard InChI is InChI=1S/C17H27N3O2S.ClH/c1-19(2)13-15-3-5-16(6-4-15)23(21,22)20-12-9-17(14-20)7-10-18-11-8-17;/h3-6,18H,7-14H2,1-2H3;1H. The zero-order chi connectivity index (χ0) is 16.5. The Bertz CT molecular complexity index is 640. The van der Waals surface area contributed by atoms with Gasteiger partial charge in [-0.15, -0.1) is 12.4 Å². The number of hydrogen-bond donors (Lipinski definition) is 1. The third-order valence-electron chi connectivity index (χ3n) is 5.13. The number of piperidine rings is 1. The number of benzene rings is 1. The van der Waals surface area contributed by atoms with Crippen LogP contribution in [0, 0.1) is 5.41 Å². The van der Waals surface area contributed by atoms with Gasteiger partial charge in [-0.25, -0.2) is 8.42 Å². The lowest BCUT2D eigenvalue weighted by molar-refractivity contribution is 0.218. The van der Waals surface area contributed by atoms with Crippen molar-refractivity contribution in [2.75, 3.05) is 40.3 Å². The monoisotopic (exact) mass is 373 g/mol. The highest BCUT2D eigenvalue weighted by Crippen LogP contribution is 2.40. The smallest absolute Gasteiger partial charge is 0.243 e. The largest absolute Gasteiger partial charge is 0.317 e. The molecule has 5 nitrogen and oxygen atoms in total. The normalized spacial score (nSPS) is 21.1. The average molecular weight is 374 g/mol. The molecule has 3 rings (SSSR count). The lowest BCUT2D eigenvalue weighted by Gasteiger charge is -2.33. The minimum Gasteiger partial charge on any atom is -0.317 e. The second kappa shape index (κ2) is 7.70. The Morgan fingerprint density at radius 2 is 1.75 bits per heavy atom. The molecule has 7 heteroatoms. The first kappa shape index (κ1) is 19.7. The van der Waals surface area contributed by atoms with Gasteiger partial charge >= 0.3 is 0 Å². The fourth-order valence-electron chi connectivity index (χ4n) is 3.75. The van der Waals surface area contributed by atoms with E-state index in [1.165, 1.54) is 0 Å². The summed E-state index contributed by atoms with van der Waals surface area (Å²) in [7, 11) is 0.655. The fraction of sp³-hybridized carbons (Fsp3) is 0.647. The molecule has 0 amide bonds. The van der Waals surface area contributed by atoms with Gasteiger partial charge in [0.2, 0.25) is 10.0 Å². The third-order valence-corrected chi connectivity index (χ3v) is 6.99. The van der Waals surface area contributed by atoms with Crippen LogP contribution in [-0.4, -0.2) is 57.9 Å². The van der Waals surface area contributed by atoms with Crippen LogP contribution in [0.25, 0.3) is 0 Å². The van der Waals surface area contributed by atoms with Gasteiger partial charge in [-0.05, 0) is 69.6 Å². The average Bonchev–Trinajstić information content (AvgIpc) is 2.92. The molecule has 2 aliphatic rings. The third kappa shape index (κ3) is 4.11. The van der Waals surface area contributed by atoms with Gasteiger partial charge in [0.25, 0.3) is 0 Å². The van der Waals surface area contributed by atoms with Crippen molar-refractivity contribution in [3.8, 4) is 0 Å². The number of hydrogen-bond acceptors (Lipinski definition) is 4. The number of nitrogens with zero attached hydrogens (tertiary/aromatic N) is 2. The maximum absolute atomic E-state index is 12.9. The summed E-state index contributed by atoms with van der Waals surface area (Å²) in [5.74, 6) is 0. The molecule has 2 aliphatic heterocycles. The van der Waals surface area contributed by atoms with E-state index < -0.39 is 10.0 Å². The Hall–Kier alpha value is -0.660. The highest BCUT2D eigenvalue weighted by atomic mass is 35.5. The van der Waals surface area contributed by atoms with E-state index in [2.05, 4.69) is 10.2 Å². The molecule has 0 saturated carbocycles. The van der Waals surface area contributed by atoms with E-state index in [0.29, 0.717) is 18.0 Å². The number of nitrogens with one attached hydrogen (secondary N) is 1. The first-order valence-corrected chi connectivity index (χ1v) is 9.80. The Labute approximate surface area is 151 Å². The summed E-state index contributed by atoms with van der Waals surface area (Å²) in [5.41, 5.74) is 1.33. The molecule has 2 saturated heterocycles. The molecule has 136 valence electrons.